The van der Waals surface area contributed by atoms with Gasteiger partial charge in [-0.1, -0.05) is 31.1 Å². The van der Waals surface area contributed by atoms with Gasteiger partial charge in [0.25, 0.3) is 0 Å². The second-order valence-electron chi connectivity index (χ2n) is 5.65. The van der Waals surface area contributed by atoms with Crippen LogP contribution in [0.25, 0.3) is 0 Å². The standard InChI is InChI=1S/C15H20N4O/c1-10(2)15-17-14(18-20-15)9-19-7-6-12-11(8-19)4-3-5-13(12)16/h3-5,10H,6-9,16H2,1-2H3. The molecule has 0 saturated heterocycles. The van der Waals surface area contributed by atoms with E-state index >= 15 is 0 Å². The predicted octanol–water partition coefficient (Wildman–Crippen LogP) is 2.33. The van der Waals surface area contributed by atoms with E-state index in [1.807, 2.05) is 12.1 Å². The van der Waals surface area contributed by atoms with Crippen LogP contribution in [0.2, 0.25) is 0 Å². The van der Waals surface area contributed by atoms with E-state index in [0.717, 1.165) is 37.6 Å². The minimum Gasteiger partial charge on any atom is -0.398 e. The fraction of sp³-hybridized carbons (Fsp3) is 0.467. The van der Waals surface area contributed by atoms with Crippen molar-refractivity contribution in [3.8, 4) is 0 Å². The van der Waals surface area contributed by atoms with Crippen molar-refractivity contribution in [3.05, 3.63) is 41.0 Å². The number of benzene rings is 1. The van der Waals surface area contributed by atoms with Crippen molar-refractivity contribution in [1.82, 2.24) is 15.0 Å². The first-order valence-electron chi connectivity index (χ1n) is 7.04. The molecular weight excluding hydrogens is 252 g/mol. The SMILES string of the molecule is CC(C)c1nc(CN2CCc3c(N)cccc3C2)no1. The Morgan fingerprint density at radius 1 is 1.40 bits per heavy atom. The van der Waals surface area contributed by atoms with E-state index in [9.17, 15) is 0 Å². The Hall–Kier alpha value is -1.88. The lowest BCUT2D eigenvalue weighted by Crippen LogP contribution is -2.30. The number of anilines is 1. The van der Waals surface area contributed by atoms with Crippen LogP contribution in [0, 0.1) is 0 Å². The molecule has 2 aromatic rings. The molecule has 0 fully saturated rings. The van der Waals surface area contributed by atoms with Gasteiger partial charge in [-0.05, 0) is 23.6 Å². The van der Waals surface area contributed by atoms with E-state index in [1.54, 1.807) is 0 Å². The molecule has 0 amide bonds. The maximum absolute atomic E-state index is 6.02. The van der Waals surface area contributed by atoms with Crippen LogP contribution in [0.5, 0.6) is 0 Å². The molecule has 20 heavy (non-hydrogen) atoms. The van der Waals surface area contributed by atoms with Crippen molar-refractivity contribution in [3.63, 3.8) is 0 Å². The summed E-state index contributed by atoms with van der Waals surface area (Å²) in [5.74, 6) is 1.75. The van der Waals surface area contributed by atoms with Crippen molar-refractivity contribution in [2.45, 2.75) is 39.3 Å². The first-order chi connectivity index (χ1) is 9.63. The van der Waals surface area contributed by atoms with E-state index in [4.69, 9.17) is 10.3 Å². The van der Waals surface area contributed by atoms with Crippen LogP contribution in [-0.4, -0.2) is 21.6 Å². The van der Waals surface area contributed by atoms with Crippen LogP contribution < -0.4 is 5.73 Å². The highest BCUT2D eigenvalue weighted by Gasteiger charge is 2.20. The molecule has 2 N–H and O–H groups in total. The van der Waals surface area contributed by atoms with Crippen LogP contribution in [0.15, 0.2) is 22.7 Å². The second-order valence-corrected chi connectivity index (χ2v) is 5.65. The molecule has 1 aliphatic heterocycles. The normalized spacial score (nSPS) is 15.6. The third kappa shape index (κ3) is 2.54. The summed E-state index contributed by atoms with van der Waals surface area (Å²) in [6, 6.07) is 6.14. The molecule has 3 rings (SSSR count). The van der Waals surface area contributed by atoms with E-state index in [2.05, 4.69) is 35.0 Å². The number of fused-ring (bicyclic) bond motifs is 1. The number of nitrogens with zero attached hydrogens (tertiary/aromatic N) is 3. The topological polar surface area (TPSA) is 68.2 Å². The van der Waals surface area contributed by atoms with E-state index < -0.39 is 0 Å². The summed E-state index contributed by atoms with van der Waals surface area (Å²) >= 11 is 0. The minimum absolute atomic E-state index is 0.276. The van der Waals surface area contributed by atoms with Gasteiger partial charge in [0.05, 0.1) is 6.54 Å². The molecule has 0 bridgehead atoms. The molecule has 5 nitrogen and oxygen atoms in total. The molecule has 2 heterocycles. The average Bonchev–Trinajstić information content (AvgIpc) is 2.88. The summed E-state index contributed by atoms with van der Waals surface area (Å²) in [5.41, 5.74) is 9.52. The number of hydrogen-bond acceptors (Lipinski definition) is 5. The molecule has 0 atom stereocenters. The molecular formula is C15H20N4O. The molecule has 0 aliphatic carbocycles. The van der Waals surface area contributed by atoms with Gasteiger partial charge in [-0.25, -0.2) is 0 Å². The van der Waals surface area contributed by atoms with Crippen molar-refractivity contribution in [2.24, 2.45) is 0 Å². The van der Waals surface area contributed by atoms with Crippen LogP contribution in [0.4, 0.5) is 5.69 Å². The zero-order valence-corrected chi connectivity index (χ0v) is 12.0. The largest absolute Gasteiger partial charge is 0.398 e. The quantitative estimate of drug-likeness (QED) is 0.868. The van der Waals surface area contributed by atoms with Gasteiger partial charge in [0, 0.05) is 24.7 Å². The van der Waals surface area contributed by atoms with Crippen LogP contribution >= 0.6 is 0 Å². The van der Waals surface area contributed by atoms with Crippen molar-refractivity contribution in [2.75, 3.05) is 12.3 Å². The Morgan fingerprint density at radius 2 is 2.25 bits per heavy atom. The summed E-state index contributed by atoms with van der Waals surface area (Å²) in [5, 5.41) is 4.05. The van der Waals surface area contributed by atoms with Gasteiger partial charge in [-0.15, -0.1) is 0 Å². The van der Waals surface area contributed by atoms with Crippen LogP contribution in [0.1, 0.15) is 42.6 Å². The first kappa shape index (κ1) is 13.1. The molecule has 106 valence electrons. The summed E-state index contributed by atoms with van der Waals surface area (Å²) in [6.07, 6.45) is 0.983. The Morgan fingerprint density at radius 3 is 3.00 bits per heavy atom. The van der Waals surface area contributed by atoms with E-state index in [-0.39, 0.29) is 5.92 Å². The maximum Gasteiger partial charge on any atom is 0.229 e. The maximum atomic E-state index is 6.02. The van der Waals surface area contributed by atoms with Gasteiger partial charge >= 0.3 is 0 Å². The number of nitrogens with two attached hydrogens (primary N) is 1. The van der Waals surface area contributed by atoms with E-state index in [0.29, 0.717) is 5.89 Å². The third-order valence-corrected chi connectivity index (χ3v) is 3.72. The van der Waals surface area contributed by atoms with E-state index in [1.165, 1.54) is 11.1 Å². The lowest BCUT2D eigenvalue weighted by molar-refractivity contribution is 0.235. The minimum atomic E-state index is 0.276. The third-order valence-electron chi connectivity index (χ3n) is 3.72. The van der Waals surface area contributed by atoms with Crippen molar-refractivity contribution in [1.29, 1.82) is 0 Å². The highest BCUT2D eigenvalue weighted by atomic mass is 16.5. The monoisotopic (exact) mass is 272 g/mol. The molecule has 1 aromatic heterocycles. The number of nitrogen functional groups attached to an aromatic ring is 1. The van der Waals surface area contributed by atoms with Gasteiger partial charge in [0.15, 0.2) is 5.82 Å². The Balaban J connectivity index is 1.71. The molecule has 0 spiro atoms. The smallest absolute Gasteiger partial charge is 0.229 e. The zero-order valence-electron chi connectivity index (χ0n) is 12.0. The number of aromatic nitrogens is 2. The Bertz CT molecular complexity index is 606. The van der Waals surface area contributed by atoms with Gasteiger partial charge in [0.1, 0.15) is 0 Å². The lowest BCUT2D eigenvalue weighted by atomic mass is 9.98. The fourth-order valence-corrected chi connectivity index (χ4v) is 2.60. The number of rotatable bonds is 3. The second kappa shape index (κ2) is 5.25. The Labute approximate surface area is 118 Å². The lowest BCUT2D eigenvalue weighted by Gasteiger charge is -2.28. The summed E-state index contributed by atoms with van der Waals surface area (Å²) in [7, 11) is 0. The van der Waals surface area contributed by atoms with Crippen LogP contribution in [-0.2, 0) is 19.5 Å². The Kier molecular flexibility index (Phi) is 3.44. The fourth-order valence-electron chi connectivity index (χ4n) is 2.60. The molecule has 1 aromatic carbocycles. The molecule has 0 saturated carbocycles. The summed E-state index contributed by atoms with van der Waals surface area (Å²) < 4.78 is 5.25. The zero-order chi connectivity index (χ0) is 14.1. The average molecular weight is 272 g/mol. The molecule has 5 heteroatoms. The van der Waals surface area contributed by atoms with Gasteiger partial charge < -0.3 is 10.3 Å². The first-order valence-corrected chi connectivity index (χ1v) is 7.04. The predicted molar refractivity (Wildman–Crippen MR) is 77.1 cm³/mol. The summed E-state index contributed by atoms with van der Waals surface area (Å²) in [6.45, 7) is 6.71. The molecule has 1 aliphatic rings. The van der Waals surface area contributed by atoms with Crippen molar-refractivity contribution < 1.29 is 4.52 Å². The van der Waals surface area contributed by atoms with Crippen LogP contribution in [0.3, 0.4) is 0 Å². The van der Waals surface area contributed by atoms with Gasteiger partial charge in [-0.2, -0.15) is 4.98 Å². The highest BCUT2D eigenvalue weighted by Crippen LogP contribution is 2.24. The number of hydrogen-bond donors (Lipinski definition) is 1. The molecule has 0 unspecified atom stereocenters. The highest BCUT2D eigenvalue weighted by molar-refractivity contribution is 5.51. The summed E-state index contributed by atoms with van der Waals surface area (Å²) in [4.78, 5) is 6.76. The van der Waals surface area contributed by atoms with Crippen molar-refractivity contribution >= 4 is 5.69 Å². The molecule has 0 radical (unpaired) electrons. The van der Waals surface area contributed by atoms with Gasteiger partial charge in [0.2, 0.25) is 5.89 Å². The van der Waals surface area contributed by atoms with Gasteiger partial charge in [-0.3, -0.25) is 4.90 Å².